The zero-order valence-electron chi connectivity index (χ0n) is 23.4. The largest absolute Gasteiger partial charge is 0.0761 e. The first-order valence-electron chi connectivity index (χ1n) is 14.8. The van der Waals surface area contributed by atoms with Crippen LogP contribution in [0.2, 0.25) is 0 Å². The van der Waals surface area contributed by atoms with Crippen molar-refractivity contribution in [2.45, 2.75) is 25.2 Å². The lowest BCUT2D eigenvalue weighted by Crippen LogP contribution is -2.22. The lowest BCUT2D eigenvalue weighted by atomic mass is 9.67. The van der Waals surface area contributed by atoms with Crippen molar-refractivity contribution in [2.24, 2.45) is 5.92 Å². The van der Waals surface area contributed by atoms with Crippen LogP contribution in [0.15, 0.2) is 127 Å². The van der Waals surface area contributed by atoms with Gasteiger partial charge in [-0.2, -0.15) is 0 Å². The summed E-state index contributed by atoms with van der Waals surface area (Å²) in [6, 6.07) is 36.4. The van der Waals surface area contributed by atoms with Crippen LogP contribution in [-0.2, 0) is 5.41 Å². The van der Waals surface area contributed by atoms with E-state index in [1.165, 1.54) is 77.6 Å². The van der Waals surface area contributed by atoms with Gasteiger partial charge in [-0.05, 0) is 89.7 Å². The SMILES string of the molecule is CC1(C)c2cc(C3=C4C=Cc5cccc6c5C4C(C=C3)C=C6)ccc2-c2ccc(-c3cccc4ccccc34)cc21. The lowest BCUT2D eigenvalue weighted by Gasteiger charge is -2.37. The number of benzene rings is 5. The van der Waals surface area contributed by atoms with Crippen molar-refractivity contribution in [1.29, 1.82) is 0 Å². The van der Waals surface area contributed by atoms with E-state index < -0.39 is 0 Å². The highest BCUT2D eigenvalue weighted by molar-refractivity contribution is 5.98. The fraction of sp³-hybridized carbons (Fsp3) is 0.122. The number of allylic oxidation sites excluding steroid dienone is 6. The van der Waals surface area contributed by atoms with E-state index in [-0.39, 0.29) is 5.41 Å². The van der Waals surface area contributed by atoms with Gasteiger partial charge in [0.05, 0.1) is 0 Å². The van der Waals surface area contributed by atoms with E-state index in [1.807, 2.05) is 0 Å². The molecule has 0 nitrogen and oxygen atoms in total. The number of hydrogen-bond acceptors (Lipinski definition) is 0. The molecule has 0 radical (unpaired) electrons. The van der Waals surface area contributed by atoms with Crippen LogP contribution in [0.3, 0.4) is 0 Å². The van der Waals surface area contributed by atoms with E-state index in [2.05, 4.69) is 147 Å². The van der Waals surface area contributed by atoms with Crippen molar-refractivity contribution in [3.05, 3.63) is 160 Å². The topological polar surface area (TPSA) is 0 Å². The van der Waals surface area contributed by atoms with Gasteiger partial charge in [-0.25, -0.2) is 0 Å². The Kier molecular flexibility index (Phi) is 4.60. The minimum Gasteiger partial charge on any atom is -0.0761 e. The van der Waals surface area contributed by atoms with Gasteiger partial charge in [-0.3, -0.25) is 0 Å². The molecule has 0 amide bonds. The van der Waals surface area contributed by atoms with Gasteiger partial charge in [0, 0.05) is 17.3 Å². The smallest absolute Gasteiger partial charge is 0.0205 e. The molecular formula is C41H30. The van der Waals surface area contributed by atoms with Gasteiger partial charge in [0.25, 0.3) is 0 Å². The summed E-state index contributed by atoms with van der Waals surface area (Å²) in [5, 5.41) is 2.60. The molecule has 9 rings (SSSR count). The summed E-state index contributed by atoms with van der Waals surface area (Å²) in [5.74, 6) is 0.827. The maximum atomic E-state index is 2.48. The molecule has 0 heterocycles. The van der Waals surface area contributed by atoms with Gasteiger partial charge in [-0.15, -0.1) is 0 Å². The van der Waals surface area contributed by atoms with Crippen molar-refractivity contribution < 1.29 is 0 Å². The summed E-state index contributed by atoms with van der Waals surface area (Å²) in [6.45, 7) is 4.79. The van der Waals surface area contributed by atoms with E-state index in [9.17, 15) is 0 Å². The van der Waals surface area contributed by atoms with Crippen molar-refractivity contribution in [3.63, 3.8) is 0 Å². The molecule has 4 aliphatic carbocycles. The molecule has 0 saturated heterocycles. The molecule has 0 fully saturated rings. The molecule has 0 heteroatoms. The summed E-state index contributed by atoms with van der Waals surface area (Å²) < 4.78 is 0. The Bertz CT molecular complexity index is 2070. The van der Waals surface area contributed by atoms with Crippen molar-refractivity contribution in [3.8, 4) is 22.3 Å². The fourth-order valence-corrected chi connectivity index (χ4v) is 7.96. The molecule has 0 spiro atoms. The monoisotopic (exact) mass is 522 g/mol. The predicted molar refractivity (Wildman–Crippen MR) is 174 cm³/mol. The van der Waals surface area contributed by atoms with Gasteiger partial charge in [0.15, 0.2) is 0 Å². The second-order valence-electron chi connectivity index (χ2n) is 12.5. The first kappa shape index (κ1) is 23.1. The Balaban J connectivity index is 1.17. The highest BCUT2D eigenvalue weighted by Crippen LogP contribution is 2.53. The van der Waals surface area contributed by atoms with E-state index in [1.54, 1.807) is 0 Å². The predicted octanol–water partition coefficient (Wildman–Crippen LogP) is 10.6. The van der Waals surface area contributed by atoms with E-state index in [0.29, 0.717) is 11.8 Å². The van der Waals surface area contributed by atoms with E-state index >= 15 is 0 Å². The highest BCUT2D eigenvalue weighted by Gasteiger charge is 2.38. The minimum absolute atomic E-state index is 0.0802. The Morgan fingerprint density at radius 2 is 1.24 bits per heavy atom. The van der Waals surface area contributed by atoms with Gasteiger partial charge in [0.1, 0.15) is 0 Å². The zero-order chi connectivity index (χ0) is 27.3. The molecule has 194 valence electrons. The van der Waals surface area contributed by atoms with Crippen LogP contribution in [0.4, 0.5) is 0 Å². The maximum Gasteiger partial charge on any atom is 0.0205 e. The molecule has 0 bridgehead atoms. The molecule has 5 aromatic rings. The summed E-state index contributed by atoms with van der Waals surface area (Å²) >= 11 is 0. The zero-order valence-corrected chi connectivity index (χ0v) is 23.4. The molecular weight excluding hydrogens is 492 g/mol. The Morgan fingerprint density at radius 3 is 2.10 bits per heavy atom. The second kappa shape index (κ2) is 8.18. The van der Waals surface area contributed by atoms with Crippen LogP contribution in [-0.4, -0.2) is 0 Å². The molecule has 0 saturated carbocycles. The standard InChI is InChI=1S/C41H30/c1-41(2)37-23-29(32-12-6-8-25-7-3-4-11-31(25)32)17-20-34(37)35-21-18-30(24-38(35)41)33-19-15-28-14-13-26-9-5-10-27-16-22-36(33)40(28)39(26)27/h3-24,28,40H,1-2H3. The third kappa shape index (κ3) is 3.16. The first-order chi connectivity index (χ1) is 20.1. The summed E-state index contributed by atoms with van der Waals surface area (Å²) in [4.78, 5) is 0. The summed E-state index contributed by atoms with van der Waals surface area (Å²) in [6.07, 6.45) is 14.2. The molecule has 2 unspecified atom stereocenters. The van der Waals surface area contributed by atoms with Crippen molar-refractivity contribution >= 4 is 28.5 Å². The van der Waals surface area contributed by atoms with Crippen LogP contribution >= 0.6 is 0 Å². The van der Waals surface area contributed by atoms with Crippen molar-refractivity contribution in [1.82, 2.24) is 0 Å². The lowest BCUT2D eigenvalue weighted by molar-refractivity contribution is 0.659. The molecule has 41 heavy (non-hydrogen) atoms. The molecule has 4 aliphatic rings. The molecule has 0 aromatic heterocycles. The first-order valence-corrected chi connectivity index (χ1v) is 14.8. The second-order valence-corrected chi connectivity index (χ2v) is 12.5. The van der Waals surface area contributed by atoms with Crippen LogP contribution < -0.4 is 0 Å². The summed E-state index contributed by atoms with van der Waals surface area (Å²) in [5.41, 5.74) is 16.5. The molecule has 5 aromatic carbocycles. The van der Waals surface area contributed by atoms with E-state index in [0.717, 1.165) is 0 Å². The molecule has 0 aliphatic heterocycles. The number of hydrogen-bond donors (Lipinski definition) is 0. The third-order valence-corrected chi connectivity index (χ3v) is 10.0. The Labute approximate surface area is 241 Å². The Morgan fingerprint density at radius 1 is 0.561 bits per heavy atom. The minimum atomic E-state index is -0.0802. The third-order valence-electron chi connectivity index (χ3n) is 10.0. The fourth-order valence-electron chi connectivity index (χ4n) is 7.96. The highest BCUT2D eigenvalue weighted by atomic mass is 14.4. The van der Waals surface area contributed by atoms with Gasteiger partial charge < -0.3 is 0 Å². The van der Waals surface area contributed by atoms with Crippen LogP contribution in [0, 0.1) is 5.92 Å². The maximum absolute atomic E-state index is 2.48. The average Bonchev–Trinajstić information content (AvgIpc) is 3.24. The van der Waals surface area contributed by atoms with Gasteiger partial charge in [0.2, 0.25) is 0 Å². The van der Waals surface area contributed by atoms with Gasteiger partial charge >= 0.3 is 0 Å². The average molecular weight is 523 g/mol. The Hall–Kier alpha value is -4.68. The quantitative estimate of drug-likeness (QED) is 0.216. The summed E-state index contributed by atoms with van der Waals surface area (Å²) in [7, 11) is 0. The van der Waals surface area contributed by atoms with E-state index in [4.69, 9.17) is 0 Å². The number of fused-ring (bicyclic) bond motifs is 4. The van der Waals surface area contributed by atoms with Crippen LogP contribution in [0.25, 0.3) is 50.8 Å². The molecule has 2 atom stereocenters. The van der Waals surface area contributed by atoms with Crippen molar-refractivity contribution in [2.75, 3.05) is 0 Å². The van der Waals surface area contributed by atoms with Gasteiger partial charge in [-0.1, -0.05) is 135 Å². The van der Waals surface area contributed by atoms with Crippen LogP contribution in [0.1, 0.15) is 53.1 Å². The molecule has 0 N–H and O–H groups in total. The normalized spacial score (nSPS) is 20.2. The van der Waals surface area contributed by atoms with Crippen LogP contribution in [0.5, 0.6) is 0 Å². The number of rotatable bonds is 2.